The molecule has 0 aliphatic rings. The third kappa shape index (κ3) is 3.01. The minimum atomic E-state index is -0.0394. The molecule has 1 N–H and O–H groups in total. The van der Waals surface area contributed by atoms with Crippen molar-refractivity contribution in [3.05, 3.63) is 50.0 Å². The van der Waals surface area contributed by atoms with E-state index in [0.29, 0.717) is 15.7 Å². The Bertz CT molecular complexity index is 1000. The number of hydrogen-bond acceptors (Lipinski definition) is 6. The molecule has 4 aromatic rings. The average molecular weight is 351 g/mol. The van der Waals surface area contributed by atoms with Crippen LogP contribution >= 0.6 is 34.3 Å². The maximum Gasteiger partial charge on any atom is 0.268 e. The van der Waals surface area contributed by atoms with Crippen molar-refractivity contribution in [3.8, 4) is 0 Å². The molecular formula is C14H11ClN4OS2. The number of aromatic amines is 1. The number of rotatable bonds is 0. The summed E-state index contributed by atoms with van der Waals surface area (Å²) in [7, 11) is 0. The van der Waals surface area contributed by atoms with Crippen LogP contribution in [0.2, 0.25) is 5.15 Å². The number of thiophene rings is 2. The molecule has 0 amide bonds. The van der Waals surface area contributed by atoms with Crippen molar-refractivity contribution in [1.29, 1.82) is 0 Å². The van der Waals surface area contributed by atoms with Crippen LogP contribution in [0.4, 0.5) is 0 Å². The second kappa shape index (κ2) is 6.12. The van der Waals surface area contributed by atoms with E-state index in [1.807, 2.05) is 29.8 Å². The second-order valence-corrected chi connectivity index (χ2v) is 6.67. The topological polar surface area (TPSA) is 71.5 Å². The van der Waals surface area contributed by atoms with Crippen LogP contribution in [0.1, 0.15) is 11.6 Å². The molecule has 0 saturated heterocycles. The number of halogens is 1. The molecule has 8 heteroatoms. The lowest BCUT2D eigenvalue weighted by molar-refractivity contribution is 1.06. The number of nitrogens with zero attached hydrogens (tertiary/aromatic N) is 3. The lowest BCUT2D eigenvalue weighted by Crippen LogP contribution is -2.07. The van der Waals surface area contributed by atoms with Crippen molar-refractivity contribution in [2.45, 2.75) is 13.8 Å². The fraction of sp³-hybridized carbons (Fsp3) is 0.143. The number of hydrogen-bond donors (Lipinski definition) is 1. The highest BCUT2D eigenvalue weighted by atomic mass is 35.5. The van der Waals surface area contributed by atoms with Gasteiger partial charge in [0.2, 0.25) is 0 Å². The summed E-state index contributed by atoms with van der Waals surface area (Å²) in [5.74, 6) is 1.39. The molecule has 0 radical (unpaired) electrons. The molecule has 0 bridgehead atoms. The van der Waals surface area contributed by atoms with Gasteiger partial charge >= 0.3 is 0 Å². The minimum absolute atomic E-state index is 0.0394. The van der Waals surface area contributed by atoms with E-state index in [1.165, 1.54) is 11.3 Å². The molecule has 0 aromatic carbocycles. The lowest BCUT2D eigenvalue weighted by Gasteiger charge is -1.93. The van der Waals surface area contributed by atoms with Gasteiger partial charge in [-0.15, -0.1) is 22.7 Å². The molecule has 5 nitrogen and oxygen atoms in total. The highest BCUT2D eigenvalue weighted by molar-refractivity contribution is 7.17. The van der Waals surface area contributed by atoms with Gasteiger partial charge in [0.05, 0.1) is 15.7 Å². The molecule has 0 aliphatic heterocycles. The quantitative estimate of drug-likeness (QED) is 0.487. The summed E-state index contributed by atoms with van der Waals surface area (Å²) in [4.78, 5) is 26.2. The minimum Gasteiger partial charge on any atom is -0.310 e. The molecule has 4 aromatic heterocycles. The van der Waals surface area contributed by atoms with Gasteiger partial charge in [-0.05, 0) is 36.7 Å². The van der Waals surface area contributed by atoms with E-state index in [4.69, 9.17) is 11.6 Å². The summed E-state index contributed by atoms with van der Waals surface area (Å²) in [6, 6.07) is 3.79. The number of nitrogens with one attached hydrogen (secondary N) is 1. The number of fused-ring (bicyclic) bond motifs is 2. The van der Waals surface area contributed by atoms with Gasteiger partial charge in [-0.2, -0.15) is 0 Å². The van der Waals surface area contributed by atoms with Crippen LogP contribution in [0.3, 0.4) is 0 Å². The van der Waals surface area contributed by atoms with Crippen molar-refractivity contribution in [2.24, 2.45) is 0 Å². The van der Waals surface area contributed by atoms with E-state index in [1.54, 1.807) is 18.3 Å². The highest BCUT2D eigenvalue weighted by Gasteiger charge is 2.03. The van der Waals surface area contributed by atoms with Gasteiger partial charge < -0.3 is 4.98 Å². The molecule has 112 valence electrons. The monoisotopic (exact) mass is 350 g/mol. The maximum atomic E-state index is 11.2. The Balaban J connectivity index is 0.000000131. The van der Waals surface area contributed by atoms with E-state index >= 15 is 0 Å². The first-order chi connectivity index (χ1) is 10.5. The molecule has 4 heterocycles. The molecule has 4 rings (SSSR count). The highest BCUT2D eigenvalue weighted by Crippen LogP contribution is 2.25. The SMILES string of the molecule is Cc1nc(Cl)c2sccc2n1.Cc1nc2ccsc2c(=O)[nH]1. The molecule has 0 atom stereocenters. The Kier molecular flexibility index (Phi) is 4.19. The number of aryl methyl sites for hydroxylation is 2. The summed E-state index contributed by atoms with van der Waals surface area (Å²) >= 11 is 8.85. The Morgan fingerprint density at radius 1 is 1.00 bits per heavy atom. The van der Waals surface area contributed by atoms with E-state index in [0.717, 1.165) is 21.6 Å². The van der Waals surface area contributed by atoms with Crippen molar-refractivity contribution in [2.75, 3.05) is 0 Å². The first kappa shape index (κ1) is 15.1. The zero-order chi connectivity index (χ0) is 15.7. The third-order valence-corrected chi connectivity index (χ3v) is 5.01. The van der Waals surface area contributed by atoms with Crippen LogP contribution in [0.15, 0.2) is 27.7 Å². The molecule has 0 spiro atoms. The van der Waals surface area contributed by atoms with Gasteiger partial charge in [0.1, 0.15) is 16.3 Å². The predicted molar refractivity (Wildman–Crippen MR) is 92.1 cm³/mol. The number of H-pyrrole nitrogens is 1. The van der Waals surface area contributed by atoms with Crippen LogP contribution in [0, 0.1) is 13.8 Å². The zero-order valence-electron chi connectivity index (χ0n) is 11.8. The van der Waals surface area contributed by atoms with Gasteiger partial charge in [-0.3, -0.25) is 4.79 Å². The van der Waals surface area contributed by atoms with Crippen LogP contribution in [0.25, 0.3) is 20.4 Å². The van der Waals surface area contributed by atoms with Gasteiger partial charge in [-0.25, -0.2) is 15.0 Å². The van der Waals surface area contributed by atoms with E-state index in [2.05, 4.69) is 19.9 Å². The van der Waals surface area contributed by atoms with E-state index < -0.39 is 0 Å². The molecule has 0 fully saturated rings. The molecule has 0 aliphatic carbocycles. The summed E-state index contributed by atoms with van der Waals surface area (Å²) in [6.45, 7) is 3.61. The second-order valence-electron chi connectivity index (χ2n) is 4.48. The van der Waals surface area contributed by atoms with Crippen LogP contribution in [-0.4, -0.2) is 19.9 Å². The molecule has 0 unspecified atom stereocenters. The summed E-state index contributed by atoms with van der Waals surface area (Å²) in [5.41, 5.74) is 1.69. The number of aromatic nitrogens is 4. The smallest absolute Gasteiger partial charge is 0.268 e. The first-order valence-electron chi connectivity index (χ1n) is 6.36. The largest absolute Gasteiger partial charge is 0.310 e. The zero-order valence-corrected chi connectivity index (χ0v) is 14.1. The van der Waals surface area contributed by atoms with Crippen molar-refractivity contribution >= 4 is 54.7 Å². The summed E-state index contributed by atoms with van der Waals surface area (Å²) < 4.78 is 1.67. The standard InChI is InChI=1S/C7H5ClN2S.C7H6N2OS/c1-4-9-5-2-3-11-6(5)7(8)10-4;1-4-8-5-2-3-11-6(5)7(10)9-4/h2-3H,1H3;2-3H,1H3,(H,8,9,10). The van der Waals surface area contributed by atoms with Crippen molar-refractivity contribution in [3.63, 3.8) is 0 Å². The Morgan fingerprint density at radius 3 is 2.36 bits per heavy atom. The fourth-order valence-corrected chi connectivity index (χ4v) is 3.72. The van der Waals surface area contributed by atoms with Crippen LogP contribution in [-0.2, 0) is 0 Å². The van der Waals surface area contributed by atoms with Gasteiger partial charge in [-0.1, -0.05) is 11.6 Å². The van der Waals surface area contributed by atoms with Crippen LogP contribution < -0.4 is 5.56 Å². The Hall–Kier alpha value is -1.83. The van der Waals surface area contributed by atoms with Gasteiger partial charge in [0.25, 0.3) is 5.56 Å². The maximum absolute atomic E-state index is 11.2. The lowest BCUT2D eigenvalue weighted by atomic mass is 10.4. The normalized spacial score (nSPS) is 10.7. The van der Waals surface area contributed by atoms with Crippen molar-refractivity contribution in [1.82, 2.24) is 19.9 Å². The van der Waals surface area contributed by atoms with Crippen LogP contribution in [0.5, 0.6) is 0 Å². The summed E-state index contributed by atoms with van der Waals surface area (Å²) in [6.07, 6.45) is 0. The summed E-state index contributed by atoms with van der Waals surface area (Å²) in [5, 5.41) is 4.39. The first-order valence-corrected chi connectivity index (χ1v) is 8.50. The van der Waals surface area contributed by atoms with Gasteiger partial charge in [0, 0.05) is 0 Å². The predicted octanol–water partition coefficient (Wildman–Crippen LogP) is 3.95. The van der Waals surface area contributed by atoms with Crippen molar-refractivity contribution < 1.29 is 0 Å². The molecule has 22 heavy (non-hydrogen) atoms. The fourth-order valence-electron chi connectivity index (χ4n) is 1.93. The van der Waals surface area contributed by atoms with E-state index in [9.17, 15) is 4.79 Å². The molecule has 0 saturated carbocycles. The van der Waals surface area contributed by atoms with Gasteiger partial charge in [0.15, 0.2) is 5.15 Å². The van der Waals surface area contributed by atoms with E-state index in [-0.39, 0.29) is 5.56 Å². The molecular weight excluding hydrogens is 340 g/mol. The Labute approximate surface area is 138 Å². The third-order valence-electron chi connectivity index (χ3n) is 2.81. The Morgan fingerprint density at radius 2 is 1.64 bits per heavy atom. The average Bonchev–Trinajstić information content (AvgIpc) is 3.07.